The zero-order valence-electron chi connectivity index (χ0n) is 14.5. The Morgan fingerprint density at radius 1 is 0.857 bits per heavy atom. The molecule has 4 nitrogen and oxygen atoms in total. The molecule has 0 atom stereocenters. The second-order valence-electron chi connectivity index (χ2n) is 7.45. The average Bonchev–Trinajstić information content (AvgIpc) is 2.34. The molecule has 0 unspecified atom stereocenters. The first-order valence-corrected chi connectivity index (χ1v) is 7.76. The molecule has 0 saturated heterocycles. The van der Waals surface area contributed by atoms with Gasteiger partial charge in [0, 0.05) is 36.7 Å². The Morgan fingerprint density at radius 3 is 1.76 bits per heavy atom. The quantitative estimate of drug-likeness (QED) is 0.650. The maximum atomic E-state index is 12.5. The van der Waals surface area contributed by atoms with Crippen LogP contribution in [-0.2, 0) is 9.59 Å². The minimum Gasteiger partial charge on any atom is -0.396 e. The van der Waals surface area contributed by atoms with Gasteiger partial charge in [-0.25, -0.2) is 0 Å². The van der Waals surface area contributed by atoms with E-state index in [9.17, 15) is 14.7 Å². The van der Waals surface area contributed by atoms with Gasteiger partial charge in [-0.3, -0.25) is 9.59 Å². The second kappa shape index (κ2) is 7.50. The summed E-state index contributed by atoms with van der Waals surface area (Å²) < 4.78 is 0. The minimum atomic E-state index is -0.969. The van der Waals surface area contributed by atoms with E-state index >= 15 is 0 Å². The number of aliphatic hydroxyl groups excluding tert-OH is 1. The third kappa shape index (κ3) is 5.19. The smallest absolute Gasteiger partial charge is 0.139 e. The third-order valence-corrected chi connectivity index (χ3v) is 5.26. The molecule has 124 valence electrons. The standard InChI is InChI=1S/C17H32O4/c1-15(2,16(3,4)17(5,6)21)14(20)11-7-9-13(19)10-8-12-18/h18,21H,7-12H2,1-6H3. The predicted molar refractivity (Wildman–Crippen MR) is 84.0 cm³/mol. The van der Waals surface area contributed by atoms with Gasteiger partial charge in [-0.15, -0.1) is 0 Å². The zero-order valence-corrected chi connectivity index (χ0v) is 14.5. The second-order valence-corrected chi connectivity index (χ2v) is 7.45. The molecule has 0 bridgehead atoms. The van der Waals surface area contributed by atoms with Gasteiger partial charge < -0.3 is 10.2 Å². The highest BCUT2D eigenvalue weighted by Crippen LogP contribution is 2.47. The Hall–Kier alpha value is -0.740. The number of carbonyl (C=O) groups is 2. The largest absolute Gasteiger partial charge is 0.396 e. The van der Waals surface area contributed by atoms with Gasteiger partial charge in [-0.1, -0.05) is 27.7 Å². The van der Waals surface area contributed by atoms with Crippen molar-refractivity contribution in [3.63, 3.8) is 0 Å². The lowest BCUT2D eigenvalue weighted by Gasteiger charge is -2.48. The molecule has 2 N–H and O–H groups in total. The van der Waals surface area contributed by atoms with Crippen LogP contribution < -0.4 is 0 Å². The summed E-state index contributed by atoms with van der Waals surface area (Å²) in [5.41, 5.74) is -2.21. The summed E-state index contributed by atoms with van der Waals surface area (Å²) in [6.45, 7) is 11.0. The molecule has 0 aliphatic heterocycles. The molecule has 21 heavy (non-hydrogen) atoms. The fourth-order valence-corrected chi connectivity index (χ4v) is 2.27. The maximum Gasteiger partial charge on any atom is 0.139 e. The van der Waals surface area contributed by atoms with E-state index in [-0.39, 0.29) is 18.2 Å². The van der Waals surface area contributed by atoms with Gasteiger partial charge in [0.25, 0.3) is 0 Å². The van der Waals surface area contributed by atoms with E-state index in [4.69, 9.17) is 5.11 Å². The van der Waals surface area contributed by atoms with Gasteiger partial charge in [0.05, 0.1) is 5.60 Å². The van der Waals surface area contributed by atoms with Gasteiger partial charge >= 0.3 is 0 Å². The SMILES string of the molecule is CC(C)(O)C(C)(C)C(C)(C)C(=O)CCCC(=O)CCCO. The van der Waals surface area contributed by atoms with E-state index in [0.29, 0.717) is 32.1 Å². The van der Waals surface area contributed by atoms with Crippen molar-refractivity contribution in [2.24, 2.45) is 10.8 Å². The third-order valence-electron chi connectivity index (χ3n) is 5.26. The molecule has 0 aliphatic rings. The molecular weight excluding hydrogens is 268 g/mol. The number of rotatable bonds is 10. The highest BCUT2D eigenvalue weighted by atomic mass is 16.3. The Morgan fingerprint density at radius 2 is 1.33 bits per heavy atom. The van der Waals surface area contributed by atoms with Gasteiger partial charge in [0.15, 0.2) is 0 Å². The van der Waals surface area contributed by atoms with Crippen LogP contribution in [0.4, 0.5) is 0 Å². The number of Topliss-reactive ketones (excluding diaryl/α,β-unsaturated/α-hetero) is 2. The van der Waals surface area contributed by atoms with E-state index < -0.39 is 16.4 Å². The molecule has 4 heteroatoms. The lowest BCUT2D eigenvalue weighted by Crippen LogP contribution is -2.52. The predicted octanol–water partition coefficient (Wildman–Crippen LogP) is 2.89. The fourth-order valence-electron chi connectivity index (χ4n) is 2.27. The first kappa shape index (κ1) is 20.3. The molecule has 0 aromatic carbocycles. The topological polar surface area (TPSA) is 74.6 Å². The van der Waals surface area contributed by atoms with Crippen LogP contribution in [0, 0.1) is 10.8 Å². The van der Waals surface area contributed by atoms with Crippen molar-refractivity contribution >= 4 is 11.6 Å². The molecule has 0 rings (SSSR count). The van der Waals surface area contributed by atoms with E-state index in [0.717, 1.165) is 0 Å². The molecule has 0 spiro atoms. The summed E-state index contributed by atoms with van der Waals surface area (Å²) in [6, 6.07) is 0. The lowest BCUT2D eigenvalue weighted by molar-refractivity contribution is -0.149. The Balaban J connectivity index is 4.55. The first-order chi connectivity index (χ1) is 9.38. The summed E-state index contributed by atoms with van der Waals surface area (Å²) in [7, 11) is 0. The molecule has 0 fully saturated rings. The van der Waals surface area contributed by atoms with Crippen molar-refractivity contribution < 1.29 is 19.8 Å². The average molecular weight is 300 g/mol. The molecule has 0 amide bonds. The van der Waals surface area contributed by atoms with E-state index in [2.05, 4.69) is 0 Å². The van der Waals surface area contributed by atoms with Crippen LogP contribution in [0.15, 0.2) is 0 Å². The van der Waals surface area contributed by atoms with Crippen LogP contribution in [0.3, 0.4) is 0 Å². The highest BCUT2D eigenvalue weighted by molar-refractivity contribution is 5.86. The number of carbonyl (C=O) groups excluding carboxylic acids is 2. The first-order valence-electron chi connectivity index (χ1n) is 7.76. The van der Waals surface area contributed by atoms with Crippen molar-refractivity contribution in [1.29, 1.82) is 0 Å². The van der Waals surface area contributed by atoms with Crippen molar-refractivity contribution in [3.05, 3.63) is 0 Å². The number of hydrogen-bond acceptors (Lipinski definition) is 4. The molecule has 0 heterocycles. The summed E-state index contributed by atoms with van der Waals surface area (Å²) >= 11 is 0. The number of hydrogen-bond donors (Lipinski definition) is 2. The Labute approximate surface area is 128 Å². The van der Waals surface area contributed by atoms with Crippen LogP contribution >= 0.6 is 0 Å². The maximum absolute atomic E-state index is 12.5. The van der Waals surface area contributed by atoms with E-state index in [1.807, 2.05) is 27.7 Å². The van der Waals surface area contributed by atoms with E-state index in [1.165, 1.54) is 0 Å². The number of aliphatic hydroxyl groups is 2. The number of ketones is 2. The molecule has 0 aromatic rings. The van der Waals surface area contributed by atoms with Gasteiger partial charge in [0.2, 0.25) is 0 Å². The fraction of sp³-hybridized carbons (Fsp3) is 0.882. The minimum absolute atomic E-state index is 0.0253. The summed E-state index contributed by atoms with van der Waals surface area (Å²) in [6.07, 6.45) is 2.13. The molecule has 0 aromatic heterocycles. The van der Waals surface area contributed by atoms with Crippen molar-refractivity contribution in [1.82, 2.24) is 0 Å². The molecule has 0 saturated carbocycles. The molecular formula is C17H32O4. The van der Waals surface area contributed by atoms with Crippen LogP contribution in [0.1, 0.15) is 73.6 Å². The van der Waals surface area contributed by atoms with Crippen LogP contribution in [0.25, 0.3) is 0 Å². The van der Waals surface area contributed by atoms with Crippen molar-refractivity contribution in [3.8, 4) is 0 Å². The van der Waals surface area contributed by atoms with Crippen LogP contribution in [0.2, 0.25) is 0 Å². The highest BCUT2D eigenvalue weighted by Gasteiger charge is 2.50. The van der Waals surface area contributed by atoms with Gasteiger partial charge in [-0.2, -0.15) is 0 Å². The monoisotopic (exact) mass is 300 g/mol. The summed E-state index contributed by atoms with van der Waals surface area (Å²) in [4.78, 5) is 24.0. The van der Waals surface area contributed by atoms with Crippen LogP contribution in [0.5, 0.6) is 0 Å². The lowest BCUT2D eigenvalue weighted by atomic mass is 9.58. The summed E-state index contributed by atoms with van der Waals surface area (Å²) in [5, 5.41) is 19.0. The Bertz CT molecular complexity index is 361. The Kier molecular flexibility index (Phi) is 7.24. The van der Waals surface area contributed by atoms with E-state index in [1.54, 1.807) is 13.8 Å². The van der Waals surface area contributed by atoms with Gasteiger partial charge in [0.1, 0.15) is 11.6 Å². The normalized spacial score (nSPS) is 13.3. The van der Waals surface area contributed by atoms with Crippen LogP contribution in [-0.4, -0.2) is 34.0 Å². The molecule has 0 radical (unpaired) electrons. The van der Waals surface area contributed by atoms with Gasteiger partial charge in [-0.05, 0) is 26.7 Å². The van der Waals surface area contributed by atoms with Crippen molar-refractivity contribution in [2.45, 2.75) is 79.2 Å². The zero-order chi connectivity index (χ0) is 16.9. The van der Waals surface area contributed by atoms with Crippen molar-refractivity contribution in [2.75, 3.05) is 6.61 Å². The molecule has 0 aliphatic carbocycles. The summed E-state index contributed by atoms with van der Waals surface area (Å²) in [5.74, 6) is 0.168.